The number of phenols is 1. The van der Waals surface area contributed by atoms with Crippen molar-refractivity contribution in [2.24, 2.45) is 0 Å². The zero-order valence-corrected chi connectivity index (χ0v) is 14.5. The average molecular weight is 366 g/mol. The van der Waals surface area contributed by atoms with Crippen LogP contribution in [0.1, 0.15) is 19.4 Å². The Bertz CT molecular complexity index is 786. The summed E-state index contributed by atoms with van der Waals surface area (Å²) in [5, 5.41) is 8.99. The Hall–Kier alpha value is -2.08. The first-order valence-electron chi connectivity index (χ1n) is 11.4. The molecule has 1 saturated heterocycles. The number of epoxide rings is 1. The SMILES string of the molecule is [2H]C([2H])([2H])OCCc1ccc(O)cc1.[2H]C([2H])([2H])OCCc1ccc(OCC2CO2)cc1. The Morgan fingerprint density at radius 2 is 1.50 bits per heavy atom. The molecule has 0 aromatic heterocycles. The second-order valence-corrected chi connectivity index (χ2v) is 5.77. The van der Waals surface area contributed by atoms with Gasteiger partial charge in [0.2, 0.25) is 0 Å². The van der Waals surface area contributed by atoms with Crippen molar-refractivity contribution < 1.29 is 32.3 Å². The predicted molar refractivity (Wildman–Crippen MR) is 101 cm³/mol. The second-order valence-electron chi connectivity index (χ2n) is 5.77. The van der Waals surface area contributed by atoms with Gasteiger partial charge >= 0.3 is 0 Å². The van der Waals surface area contributed by atoms with E-state index in [1.54, 1.807) is 24.3 Å². The fraction of sp³-hybridized carbons (Fsp3) is 0.429. The maximum absolute atomic E-state index is 8.99. The number of ether oxygens (including phenoxy) is 4. The van der Waals surface area contributed by atoms with Gasteiger partial charge in [0.05, 0.1) is 28.0 Å². The third-order valence-electron chi connectivity index (χ3n) is 3.68. The first-order chi connectivity index (χ1) is 15.0. The van der Waals surface area contributed by atoms with E-state index in [0.717, 1.165) is 23.5 Å². The Balaban J connectivity index is 0.000000235. The molecule has 26 heavy (non-hydrogen) atoms. The van der Waals surface area contributed by atoms with Crippen LogP contribution in [-0.2, 0) is 27.1 Å². The van der Waals surface area contributed by atoms with Crippen LogP contribution in [0.2, 0.25) is 0 Å². The monoisotopic (exact) mass is 366 g/mol. The molecule has 1 unspecified atom stereocenters. The molecule has 1 N–H and O–H groups in total. The summed E-state index contributed by atoms with van der Waals surface area (Å²) < 4.78 is 61.0. The summed E-state index contributed by atoms with van der Waals surface area (Å²) in [6.07, 6.45) is 1.35. The van der Waals surface area contributed by atoms with Crippen molar-refractivity contribution in [2.75, 3.05) is 40.5 Å². The van der Waals surface area contributed by atoms with Crippen LogP contribution < -0.4 is 4.74 Å². The fourth-order valence-electron chi connectivity index (χ4n) is 2.11. The largest absolute Gasteiger partial charge is 0.508 e. The molecule has 0 radical (unpaired) electrons. The van der Waals surface area contributed by atoms with Crippen molar-refractivity contribution in [3.8, 4) is 11.5 Å². The molecule has 0 bridgehead atoms. The van der Waals surface area contributed by atoms with Crippen LogP contribution in [-0.4, -0.2) is 51.7 Å². The molecule has 1 fully saturated rings. The molecule has 2 aromatic rings. The van der Waals surface area contributed by atoms with E-state index < -0.39 is 14.1 Å². The van der Waals surface area contributed by atoms with Crippen LogP contribution in [0.3, 0.4) is 0 Å². The smallest absolute Gasteiger partial charge is 0.119 e. The molecule has 5 heteroatoms. The van der Waals surface area contributed by atoms with Gasteiger partial charge in [-0.05, 0) is 48.2 Å². The summed E-state index contributed by atoms with van der Waals surface area (Å²) in [7, 11) is -4.63. The van der Waals surface area contributed by atoms with Crippen molar-refractivity contribution in [3.63, 3.8) is 0 Å². The van der Waals surface area contributed by atoms with E-state index in [1.165, 1.54) is 0 Å². The minimum absolute atomic E-state index is 0.154. The second kappa shape index (κ2) is 11.5. The summed E-state index contributed by atoms with van der Waals surface area (Å²) in [4.78, 5) is 0. The fourth-order valence-corrected chi connectivity index (χ4v) is 2.11. The van der Waals surface area contributed by atoms with Crippen LogP contribution >= 0.6 is 0 Å². The highest BCUT2D eigenvalue weighted by molar-refractivity contribution is 5.27. The number of hydrogen-bond acceptors (Lipinski definition) is 5. The van der Waals surface area contributed by atoms with E-state index in [9.17, 15) is 0 Å². The Morgan fingerprint density at radius 3 is 2.00 bits per heavy atom. The molecule has 2 aromatic carbocycles. The number of phenolic OH excluding ortho intramolecular Hbond substituents is 1. The molecule has 0 aliphatic carbocycles. The number of aromatic hydroxyl groups is 1. The summed E-state index contributed by atoms with van der Waals surface area (Å²) in [6.45, 7) is 1.71. The minimum Gasteiger partial charge on any atom is -0.508 e. The molecule has 0 amide bonds. The van der Waals surface area contributed by atoms with E-state index in [-0.39, 0.29) is 25.1 Å². The molecule has 1 aliphatic rings. The highest BCUT2D eigenvalue weighted by atomic mass is 16.6. The van der Waals surface area contributed by atoms with Crippen molar-refractivity contribution in [2.45, 2.75) is 18.9 Å². The van der Waals surface area contributed by atoms with Gasteiger partial charge in [-0.3, -0.25) is 0 Å². The quantitative estimate of drug-likeness (QED) is 0.691. The Kier molecular flexibility index (Phi) is 5.82. The van der Waals surface area contributed by atoms with E-state index >= 15 is 0 Å². The van der Waals surface area contributed by atoms with Gasteiger partial charge in [0.25, 0.3) is 0 Å². The first kappa shape index (κ1) is 13.1. The van der Waals surface area contributed by atoms with Gasteiger partial charge in [0, 0.05) is 14.1 Å². The van der Waals surface area contributed by atoms with Crippen LogP contribution in [0.4, 0.5) is 0 Å². The summed E-state index contributed by atoms with van der Waals surface area (Å²) in [6, 6.07) is 14.1. The zero-order valence-electron chi connectivity index (χ0n) is 20.5. The first-order valence-corrected chi connectivity index (χ1v) is 8.39. The summed E-state index contributed by atoms with van der Waals surface area (Å²) in [5.74, 6) is 0.997. The van der Waals surface area contributed by atoms with Crippen LogP contribution in [0.5, 0.6) is 11.5 Å². The lowest BCUT2D eigenvalue weighted by Gasteiger charge is -2.05. The average Bonchev–Trinajstić information content (AvgIpc) is 3.52. The summed E-state index contributed by atoms with van der Waals surface area (Å²) in [5.41, 5.74) is 1.96. The molecule has 0 spiro atoms. The van der Waals surface area contributed by atoms with Crippen molar-refractivity contribution >= 4 is 0 Å². The lowest BCUT2D eigenvalue weighted by Crippen LogP contribution is -2.04. The maximum Gasteiger partial charge on any atom is 0.119 e. The van der Waals surface area contributed by atoms with Crippen LogP contribution in [0.15, 0.2) is 48.5 Å². The Morgan fingerprint density at radius 1 is 0.962 bits per heavy atom. The molecular formula is C21H28O5. The number of methoxy groups -OCH3 is 2. The zero-order chi connectivity index (χ0) is 23.6. The van der Waals surface area contributed by atoms with Gasteiger partial charge in [-0.1, -0.05) is 24.3 Å². The lowest BCUT2D eigenvalue weighted by atomic mass is 10.1. The molecule has 1 atom stereocenters. The van der Waals surface area contributed by atoms with Gasteiger partial charge in [-0.2, -0.15) is 0 Å². The Labute approximate surface area is 163 Å². The van der Waals surface area contributed by atoms with Gasteiger partial charge in [0.1, 0.15) is 24.2 Å². The van der Waals surface area contributed by atoms with E-state index in [4.69, 9.17) is 27.5 Å². The van der Waals surface area contributed by atoms with E-state index in [1.807, 2.05) is 24.3 Å². The van der Waals surface area contributed by atoms with Gasteiger partial charge < -0.3 is 24.1 Å². The molecule has 5 nitrogen and oxygen atoms in total. The van der Waals surface area contributed by atoms with Crippen molar-refractivity contribution in [1.29, 1.82) is 0 Å². The third kappa shape index (κ3) is 8.34. The van der Waals surface area contributed by atoms with E-state index in [2.05, 4.69) is 4.74 Å². The highest BCUT2D eigenvalue weighted by Gasteiger charge is 2.22. The molecule has 142 valence electrons. The van der Waals surface area contributed by atoms with Crippen molar-refractivity contribution in [3.05, 3.63) is 59.7 Å². The predicted octanol–water partition coefficient (Wildman–Crippen LogP) is 3.23. The van der Waals surface area contributed by atoms with Gasteiger partial charge in [-0.25, -0.2) is 0 Å². The normalized spacial score (nSPS) is 19.5. The molecule has 1 aliphatic heterocycles. The molecule has 0 saturated carbocycles. The highest BCUT2D eigenvalue weighted by Crippen LogP contribution is 2.16. The van der Waals surface area contributed by atoms with Gasteiger partial charge in [0.15, 0.2) is 0 Å². The molecule has 3 rings (SSSR count). The number of benzene rings is 2. The third-order valence-corrected chi connectivity index (χ3v) is 3.68. The molecular weight excluding hydrogens is 332 g/mol. The van der Waals surface area contributed by atoms with Gasteiger partial charge in [-0.15, -0.1) is 0 Å². The summed E-state index contributed by atoms with van der Waals surface area (Å²) >= 11 is 0. The van der Waals surface area contributed by atoms with E-state index in [0.29, 0.717) is 19.4 Å². The van der Waals surface area contributed by atoms with Crippen LogP contribution in [0, 0.1) is 0 Å². The minimum atomic E-state index is -2.32. The van der Waals surface area contributed by atoms with Crippen LogP contribution in [0.25, 0.3) is 0 Å². The molecule has 1 heterocycles. The number of rotatable bonds is 9. The van der Waals surface area contributed by atoms with Crippen molar-refractivity contribution in [1.82, 2.24) is 0 Å². The lowest BCUT2D eigenvalue weighted by molar-refractivity contribution is 0.202. The number of hydrogen-bond donors (Lipinski definition) is 1. The topological polar surface area (TPSA) is 60.5 Å². The standard InChI is InChI=1S/C12H16O3.C9H12O2/c1-13-7-6-10-2-4-11(5-3-10)14-8-12-9-15-12;1-11-7-6-8-2-4-9(10)5-3-8/h2-5,12H,6-9H2,1H3;2-5,10H,6-7H2,1H3/i2*1D3. The maximum atomic E-state index is 8.99.